The van der Waals surface area contributed by atoms with Gasteiger partial charge in [-0.05, 0) is 5.92 Å². The highest BCUT2D eigenvalue weighted by Crippen LogP contribution is 2.25. The van der Waals surface area contributed by atoms with Crippen LogP contribution in [0.2, 0.25) is 0 Å². The molecular weight excluding hydrogens is 272 g/mol. The molecule has 1 heterocycles. The summed E-state index contributed by atoms with van der Waals surface area (Å²) in [7, 11) is -3.65. The van der Waals surface area contributed by atoms with Gasteiger partial charge in [0.2, 0.25) is 15.9 Å². The molecule has 7 nitrogen and oxygen atoms in total. The molecule has 0 aromatic carbocycles. The molecule has 1 aliphatic heterocycles. The second-order valence-electron chi connectivity index (χ2n) is 5.11. The minimum Gasteiger partial charge on any atom is -0.480 e. The minimum atomic E-state index is -3.65. The summed E-state index contributed by atoms with van der Waals surface area (Å²) < 4.78 is 22.1. The molecule has 110 valence electrons. The number of carboxylic acid groups (broad SMARTS) is 1. The predicted octanol–water partition coefficient (Wildman–Crippen LogP) is -0.377. The third-order valence-corrected chi connectivity index (χ3v) is 4.41. The van der Waals surface area contributed by atoms with Gasteiger partial charge in [-0.2, -0.15) is 0 Å². The Balaban J connectivity index is 2.84. The number of rotatable bonds is 6. The lowest BCUT2D eigenvalue weighted by Gasteiger charge is -2.29. The van der Waals surface area contributed by atoms with Crippen molar-refractivity contribution < 1.29 is 23.1 Å². The molecule has 3 atom stereocenters. The van der Waals surface area contributed by atoms with Crippen LogP contribution < -0.4 is 5.14 Å². The molecule has 1 fully saturated rings. The van der Waals surface area contributed by atoms with Crippen LogP contribution in [0.15, 0.2) is 0 Å². The molecule has 1 unspecified atom stereocenters. The number of carbonyl (C=O) groups is 2. The van der Waals surface area contributed by atoms with E-state index < -0.39 is 28.0 Å². The molecule has 0 aromatic rings. The van der Waals surface area contributed by atoms with Crippen molar-refractivity contribution in [2.45, 2.75) is 32.7 Å². The van der Waals surface area contributed by atoms with E-state index in [2.05, 4.69) is 0 Å². The van der Waals surface area contributed by atoms with Crippen molar-refractivity contribution in [3.63, 3.8) is 0 Å². The highest BCUT2D eigenvalue weighted by atomic mass is 32.2. The highest BCUT2D eigenvalue weighted by Gasteiger charge is 2.40. The number of nitrogens with two attached hydrogens (primary N) is 1. The number of hydrogen-bond acceptors (Lipinski definition) is 4. The van der Waals surface area contributed by atoms with Crippen LogP contribution in [0.4, 0.5) is 0 Å². The van der Waals surface area contributed by atoms with Crippen molar-refractivity contribution in [2.24, 2.45) is 17.0 Å². The van der Waals surface area contributed by atoms with Crippen LogP contribution in [0.1, 0.15) is 26.7 Å². The lowest BCUT2D eigenvalue weighted by molar-refractivity contribution is -0.150. The number of primary sulfonamides is 1. The number of hydrogen-bond donors (Lipinski definition) is 2. The molecule has 1 amide bonds. The van der Waals surface area contributed by atoms with Gasteiger partial charge >= 0.3 is 5.97 Å². The summed E-state index contributed by atoms with van der Waals surface area (Å²) in [6.07, 6.45) is 0.664. The van der Waals surface area contributed by atoms with Crippen LogP contribution in [-0.4, -0.2) is 48.6 Å². The fraction of sp³-hybridized carbons (Fsp3) is 0.818. The van der Waals surface area contributed by atoms with Gasteiger partial charge in [-0.1, -0.05) is 20.3 Å². The molecule has 0 spiro atoms. The van der Waals surface area contributed by atoms with E-state index in [0.717, 1.165) is 0 Å². The van der Waals surface area contributed by atoms with Gasteiger partial charge in [-0.3, -0.25) is 4.79 Å². The summed E-state index contributed by atoms with van der Waals surface area (Å²) in [5.41, 5.74) is 0. The fourth-order valence-electron chi connectivity index (χ4n) is 2.42. The zero-order valence-electron chi connectivity index (χ0n) is 11.1. The van der Waals surface area contributed by atoms with Crippen LogP contribution >= 0.6 is 0 Å². The van der Waals surface area contributed by atoms with Crippen molar-refractivity contribution in [2.75, 3.05) is 12.3 Å². The van der Waals surface area contributed by atoms with E-state index >= 15 is 0 Å². The van der Waals surface area contributed by atoms with Crippen molar-refractivity contribution in [1.82, 2.24) is 4.90 Å². The molecule has 19 heavy (non-hydrogen) atoms. The molecule has 0 radical (unpaired) electrons. The van der Waals surface area contributed by atoms with Gasteiger partial charge in [0.05, 0.1) is 5.75 Å². The van der Waals surface area contributed by atoms with Crippen LogP contribution in [0.25, 0.3) is 0 Å². The van der Waals surface area contributed by atoms with E-state index in [1.165, 1.54) is 4.90 Å². The number of sulfonamides is 1. The van der Waals surface area contributed by atoms with Gasteiger partial charge in [-0.15, -0.1) is 0 Å². The average Bonchev–Trinajstić information content (AvgIpc) is 2.56. The normalized spacial score (nSPS) is 23.4. The Morgan fingerprint density at radius 2 is 2.16 bits per heavy atom. The monoisotopic (exact) mass is 292 g/mol. The first-order chi connectivity index (χ1) is 8.65. The summed E-state index contributed by atoms with van der Waals surface area (Å²) >= 11 is 0. The van der Waals surface area contributed by atoms with Crippen molar-refractivity contribution in [3.05, 3.63) is 0 Å². The summed E-state index contributed by atoms with van der Waals surface area (Å²) in [4.78, 5) is 24.4. The number of carbonyl (C=O) groups excluding carboxylic acids is 1. The van der Waals surface area contributed by atoms with Gasteiger partial charge in [0.25, 0.3) is 0 Å². The summed E-state index contributed by atoms with van der Waals surface area (Å²) in [6, 6.07) is -0.900. The largest absolute Gasteiger partial charge is 0.480 e. The smallest absolute Gasteiger partial charge is 0.326 e. The predicted molar refractivity (Wildman–Crippen MR) is 68.7 cm³/mol. The minimum absolute atomic E-state index is 0.0383. The lowest BCUT2D eigenvalue weighted by atomic mass is 9.98. The maximum absolute atomic E-state index is 11.9. The molecule has 1 saturated heterocycles. The van der Waals surface area contributed by atoms with E-state index in [1.807, 2.05) is 6.92 Å². The van der Waals surface area contributed by atoms with E-state index in [-0.39, 0.29) is 30.5 Å². The van der Waals surface area contributed by atoms with Crippen molar-refractivity contribution >= 4 is 21.9 Å². The molecule has 0 aromatic heterocycles. The van der Waals surface area contributed by atoms with Crippen LogP contribution in [-0.2, 0) is 19.6 Å². The van der Waals surface area contributed by atoms with Gasteiger partial charge in [-0.25, -0.2) is 18.4 Å². The quantitative estimate of drug-likeness (QED) is 0.692. The molecular formula is C11H20N2O5S. The zero-order chi connectivity index (χ0) is 14.8. The number of aliphatic carboxylic acids is 1. The molecule has 1 aliphatic rings. The number of likely N-dealkylation sites (tertiary alicyclic amines) is 1. The first-order valence-electron chi connectivity index (χ1n) is 6.18. The van der Waals surface area contributed by atoms with E-state index in [9.17, 15) is 23.1 Å². The number of nitrogens with zero attached hydrogens (tertiary/aromatic N) is 1. The molecule has 0 saturated carbocycles. The standard InChI is InChI=1S/C11H20N2O5S/c1-3-7(2)10(11(15)16)13-5-8(4-9(13)14)6-19(12,17)18/h7-8,10H,3-6H2,1-2H3,(H,15,16)(H2,12,17,18)/t7-,8?,10+/m0/s1. The maximum atomic E-state index is 11.9. The number of carboxylic acids is 1. The third kappa shape index (κ3) is 4.17. The molecule has 0 aliphatic carbocycles. The third-order valence-electron chi connectivity index (χ3n) is 3.48. The first-order valence-corrected chi connectivity index (χ1v) is 7.90. The SMILES string of the molecule is CC[C@H](C)[C@H](C(=O)O)N1CC(CS(N)(=O)=O)CC1=O. The highest BCUT2D eigenvalue weighted by molar-refractivity contribution is 7.89. The second-order valence-corrected chi connectivity index (χ2v) is 6.77. The summed E-state index contributed by atoms with van der Waals surface area (Å²) in [5.74, 6) is -2.27. The van der Waals surface area contributed by atoms with Gasteiger partial charge < -0.3 is 10.0 Å². The molecule has 0 bridgehead atoms. The second kappa shape index (κ2) is 5.87. The Hall–Kier alpha value is -1.15. The fourth-order valence-corrected chi connectivity index (χ4v) is 3.31. The van der Waals surface area contributed by atoms with Crippen LogP contribution in [0.5, 0.6) is 0 Å². The van der Waals surface area contributed by atoms with Gasteiger partial charge in [0.15, 0.2) is 0 Å². The van der Waals surface area contributed by atoms with E-state index in [0.29, 0.717) is 6.42 Å². The van der Waals surface area contributed by atoms with E-state index in [4.69, 9.17) is 5.14 Å². The summed E-state index contributed by atoms with van der Waals surface area (Å²) in [6.45, 7) is 3.75. The Morgan fingerprint density at radius 3 is 2.58 bits per heavy atom. The van der Waals surface area contributed by atoms with E-state index in [1.54, 1.807) is 6.92 Å². The molecule has 1 rings (SSSR count). The van der Waals surface area contributed by atoms with Crippen LogP contribution in [0.3, 0.4) is 0 Å². The summed E-state index contributed by atoms with van der Waals surface area (Å²) in [5, 5.41) is 14.2. The topological polar surface area (TPSA) is 118 Å². The Morgan fingerprint density at radius 1 is 1.58 bits per heavy atom. The number of amides is 1. The Labute approximate surface area is 112 Å². The lowest BCUT2D eigenvalue weighted by Crippen LogP contribution is -2.46. The maximum Gasteiger partial charge on any atom is 0.326 e. The molecule has 3 N–H and O–H groups in total. The van der Waals surface area contributed by atoms with Crippen molar-refractivity contribution in [3.8, 4) is 0 Å². The van der Waals surface area contributed by atoms with Crippen LogP contribution in [0, 0.1) is 11.8 Å². The van der Waals surface area contributed by atoms with Gasteiger partial charge in [0.1, 0.15) is 6.04 Å². The Bertz CT molecular complexity index is 462. The van der Waals surface area contributed by atoms with Crippen molar-refractivity contribution in [1.29, 1.82) is 0 Å². The molecule has 8 heteroatoms. The Kier molecular flexibility index (Phi) is 4.92. The first kappa shape index (κ1) is 15.9. The zero-order valence-corrected chi connectivity index (χ0v) is 11.9. The van der Waals surface area contributed by atoms with Gasteiger partial charge in [0, 0.05) is 18.9 Å². The average molecular weight is 292 g/mol.